The zero-order chi connectivity index (χ0) is 19.8. The highest BCUT2D eigenvalue weighted by atomic mass is 16.5. The summed E-state index contributed by atoms with van der Waals surface area (Å²) in [6.07, 6.45) is 2.56. The first-order chi connectivity index (χ1) is 13.7. The van der Waals surface area contributed by atoms with Crippen molar-refractivity contribution in [2.24, 2.45) is 0 Å². The predicted octanol–water partition coefficient (Wildman–Crippen LogP) is 3.62. The van der Waals surface area contributed by atoms with Crippen molar-refractivity contribution in [2.45, 2.75) is 0 Å². The minimum absolute atomic E-state index is 0.00927. The van der Waals surface area contributed by atoms with Crippen molar-refractivity contribution >= 4 is 11.5 Å². The third-order valence-corrected chi connectivity index (χ3v) is 3.50. The first-order valence-electron chi connectivity index (χ1n) is 8.21. The van der Waals surface area contributed by atoms with Gasteiger partial charge in [0.25, 0.3) is 0 Å². The van der Waals surface area contributed by atoms with E-state index in [0.29, 0.717) is 17.1 Å². The van der Waals surface area contributed by atoms with Crippen molar-refractivity contribution in [2.75, 3.05) is 14.2 Å². The Morgan fingerprint density at radius 1 is 0.893 bits per heavy atom. The summed E-state index contributed by atoms with van der Waals surface area (Å²) in [7, 11) is 2.72. The SMILES string of the molecule is CO/C=C(/C(=O)OC)c1ccccc1Oc1ncnc(Oc2ccccc2)n1. The van der Waals surface area contributed by atoms with Crippen LogP contribution in [0.1, 0.15) is 5.56 Å². The van der Waals surface area contributed by atoms with E-state index in [9.17, 15) is 4.79 Å². The topological polar surface area (TPSA) is 92.7 Å². The Morgan fingerprint density at radius 2 is 1.57 bits per heavy atom. The van der Waals surface area contributed by atoms with Crippen LogP contribution in [0.15, 0.2) is 67.2 Å². The van der Waals surface area contributed by atoms with Gasteiger partial charge in [-0.3, -0.25) is 0 Å². The third kappa shape index (κ3) is 4.61. The van der Waals surface area contributed by atoms with Gasteiger partial charge in [-0.25, -0.2) is 4.79 Å². The van der Waals surface area contributed by atoms with Crippen molar-refractivity contribution < 1.29 is 23.7 Å². The Morgan fingerprint density at radius 3 is 2.29 bits per heavy atom. The Kier molecular flexibility index (Phi) is 6.14. The smallest absolute Gasteiger partial charge is 0.341 e. The molecule has 0 fully saturated rings. The highest BCUT2D eigenvalue weighted by Gasteiger charge is 2.18. The summed E-state index contributed by atoms with van der Waals surface area (Å²) < 4.78 is 21.1. The number of nitrogens with zero attached hydrogens (tertiary/aromatic N) is 3. The Hall–Kier alpha value is -3.94. The summed E-state index contributed by atoms with van der Waals surface area (Å²) in [4.78, 5) is 24.2. The number of esters is 1. The number of carbonyl (C=O) groups is 1. The molecule has 1 heterocycles. The molecule has 2 aromatic carbocycles. The van der Waals surface area contributed by atoms with E-state index in [0.717, 1.165) is 0 Å². The van der Waals surface area contributed by atoms with Crippen LogP contribution in [0.3, 0.4) is 0 Å². The molecule has 28 heavy (non-hydrogen) atoms. The lowest BCUT2D eigenvalue weighted by molar-refractivity contribution is -0.133. The second-order valence-electron chi connectivity index (χ2n) is 5.32. The third-order valence-electron chi connectivity index (χ3n) is 3.50. The first kappa shape index (κ1) is 18.8. The maximum atomic E-state index is 12.1. The van der Waals surface area contributed by atoms with E-state index in [2.05, 4.69) is 15.0 Å². The second-order valence-corrected chi connectivity index (χ2v) is 5.32. The van der Waals surface area contributed by atoms with Crippen molar-refractivity contribution in [1.29, 1.82) is 0 Å². The van der Waals surface area contributed by atoms with Crippen LogP contribution in [0, 0.1) is 0 Å². The molecule has 0 bridgehead atoms. The van der Waals surface area contributed by atoms with Gasteiger partial charge in [0.05, 0.1) is 20.5 Å². The summed E-state index contributed by atoms with van der Waals surface area (Å²) in [5.74, 6) is 0.353. The molecule has 3 aromatic rings. The predicted molar refractivity (Wildman–Crippen MR) is 99.9 cm³/mol. The lowest BCUT2D eigenvalue weighted by Gasteiger charge is -2.11. The van der Waals surface area contributed by atoms with Crippen molar-refractivity contribution in [3.05, 3.63) is 72.8 Å². The van der Waals surface area contributed by atoms with E-state index in [1.165, 1.54) is 26.8 Å². The van der Waals surface area contributed by atoms with Gasteiger partial charge in [-0.15, -0.1) is 4.98 Å². The summed E-state index contributed by atoms with van der Waals surface area (Å²) in [6.45, 7) is 0. The highest BCUT2D eigenvalue weighted by Crippen LogP contribution is 2.30. The molecule has 0 aliphatic carbocycles. The quantitative estimate of drug-likeness (QED) is 0.349. The van der Waals surface area contributed by atoms with Crippen molar-refractivity contribution in [3.8, 4) is 23.5 Å². The van der Waals surface area contributed by atoms with E-state index in [-0.39, 0.29) is 17.6 Å². The fourth-order valence-corrected chi connectivity index (χ4v) is 2.29. The minimum Gasteiger partial charge on any atom is -0.503 e. The molecular weight excluding hydrogens is 362 g/mol. The lowest BCUT2D eigenvalue weighted by atomic mass is 10.1. The molecule has 0 aliphatic heterocycles. The van der Waals surface area contributed by atoms with Gasteiger partial charge in [-0.2, -0.15) is 9.97 Å². The average molecular weight is 379 g/mol. The number of aromatic nitrogens is 3. The number of para-hydroxylation sites is 2. The molecule has 8 heteroatoms. The molecule has 0 amide bonds. The molecule has 0 aliphatic rings. The van der Waals surface area contributed by atoms with E-state index < -0.39 is 5.97 Å². The largest absolute Gasteiger partial charge is 0.503 e. The fourth-order valence-electron chi connectivity index (χ4n) is 2.29. The summed E-state index contributed by atoms with van der Waals surface area (Å²) >= 11 is 0. The Labute approximate surface area is 161 Å². The molecule has 1 aromatic heterocycles. The molecule has 0 unspecified atom stereocenters. The van der Waals surface area contributed by atoms with E-state index in [1.807, 2.05) is 18.2 Å². The van der Waals surface area contributed by atoms with Crippen LogP contribution in [-0.4, -0.2) is 35.1 Å². The van der Waals surface area contributed by atoms with Gasteiger partial charge in [0.1, 0.15) is 23.4 Å². The van der Waals surface area contributed by atoms with E-state index >= 15 is 0 Å². The van der Waals surface area contributed by atoms with Gasteiger partial charge in [-0.05, 0) is 18.2 Å². The van der Waals surface area contributed by atoms with E-state index in [4.69, 9.17) is 18.9 Å². The van der Waals surface area contributed by atoms with Crippen LogP contribution in [0.2, 0.25) is 0 Å². The van der Waals surface area contributed by atoms with Gasteiger partial charge in [0.2, 0.25) is 0 Å². The van der Waals surface area contributed by atoms with Crippen molar-refractivity contribution in [3.63, 3.8) is 0 Å². The van der Waals surface area contributed by atoms with Crippen LogP contribution in [-0.2, 0) is 14.3 Å². The molecule has 8 nitrogen and oxygen atoms in total. The molecule has 0 atom stereocenters. The standard InChI is InChI=1S/C20H17N3O5/c1-25-12-16(18(24)26-2)15-10-6-7-11-17(15)28-20-22-13-21-19(23-20)27-14-8-4-3-5-9-14/h3-13H,1-2H3/b16-12+. The molecule has 0 N–H and O–H groups in total. The van der Waals surface area contributed by atoms with Gasteiger partial charge < -0.3 is 18.9 Å². The number of hydrogen-bond donors (Lipinski definition) is 0. The monoisotopic (exact) mass is 379 g/mol. The summed E-state index contributed by atoms with van der Waals surface area (Å²) in [5.41, 5.74) is 0.651. The molecule has 3 rings (SSSR count). The van der Waals surface area contributed by atoms with Gasteiger partial charge in [-0.1, -0.05) is 36.4 Å². The van der Waals surface area contributed by atoms with Crippen LogP contribution in [0.4, 0.5) is 0 Å². The van der Waals surface area contributed by atoms with Gasteiger partial charge in [0, 0.05) is 5.56 Å². The maximum Gasteiger partial charge on any atom is 0.341 e. The van der Waals surface area contributed by atoms with Crippen LogP contribution in [0.25, 0.3) is 5.57 Å². The normalized spacial score (nSPS) is 10.9. The summed E-state index contributed by atoms with van der Waals surface area (Å²) in [6, 6.07) is 16.1. The molecule has 0 radical (unpaired) electrons. The van der Waals surface area contributed by atoms with Crippen LogP contribution >= 0.6 is 0 Å². The molecule has 0 saturated heterocycles. The zero-order valence-electron chi connectivity index (χ0n) is 15.2. The molecular formula is C20H17N3O5. The van der Waals surface area contributed by atoms with E-state index in [1.54, 1.807) is 36.4 Å². The highest BCUT2D eigenvalue weighted by molar-refractivity contribution is 6.17. The Balaban J connectivity index is 1.87. The molecule has 0 saturated carbocycles. The zero-order valence-corrected chi connectivity index (χ0v) is 15.2. The van der Waals surface area contributed by atoms with Gasteiger partial charge >= 0.3 is 18.0 Å². The number of rotatable bonds is 7. The summed E-state index contributed by atoms with van der Waals surface area (Å²) in [5, 5.41) is 0. The molecule has 142 valence electrons. The number of carbonyl (C=O) groups excluding carboxylic acids is 1. The first-order valence-corrected chi connectivity index (χ1v) is 8.21. The Bertz CT molecular complexity index is 976. The lowest BCUT2D eigenvalue weighted by Crippen LogP contribution is -2.06. The number of benzene rings is 2. The fraction of sp³-hybridized carbons (Fsp3) is 0.100. The number of hydrogen-bond acceptors (Lipinski definition) is 8. The minimum atomic E-state index is -0.568. The second kappa shape index (κ2) is 9.13. The van der Waals surface area contributed by atoms with Crippen LogP contribution < -0.4 is 9.47 Å². The number of ether oxygens (including phenoxy) is 4. The molecule has 0 spiro atoms. The van der Waals surface area contributed by atoms with Gasteiger partial charge in [0.15, 0.2) is 0 Å². The van der Waals surface area contributed by atoms with Crippen molar-refractivity contribution in [1.82, 2.24) is 15.0 Å². The average Bonchev–Trinajstić information content (AvgIpc) is 2.73. The maximum absolute atomic E-state index is 12.1. The number of methoxy groups -OCH3 is 2. The van der Waals surface area contributed by atoms with Crippen LogP contribution in [0.5, 0.6) is 23.5 Å².